The molecule has 0 aliphatic rings. The molecule has 180 valence electrons. The number of hydrogen-bond donors (Lipinski definition) is 3. The van der Waals surface area contributed by atoms with E-state index in [-0.39, 0.29) is 39.9 Å². The summed E-state index contributed by atoms with van der Waals surface area (Å²) in [5, 5.41) is 12.6. The number of methoxy groups -OCH3 is 1. The number of aromatic nitrogens is 1. The van der Waals surface area contributed by atoms with E-state index in [1.54, 1.807) is 42.6 Å². The number of hydrogen-bond acceptors (Lipinski definition) is 7. The summed E-state index contributed by atoms with van der Waals surface area (Å²) in [6, 6.07) is 17.7. The highest BCUT2D eigenvalue weighted by Gasteiger charge is 2.20. The lowest BCUT2D eigenvalue weighted by atomic mass is 10.3. The predicted molar refractivity (Wildman–Crippen MR) is 128 cm³/mol. The molecule has 0 saturated carbocycles. The summed E-state index contributed by atoms with van der Waals surface area (Å²) in [5.41, 5.74) is -0.121. The molecule has 4 rings (SSSR count). The summed E-state index contributed by atoms with van der Waals surface area (Å²) >= 11 is 0. The third-order valence-electron chi connectivity index (χ3n) is 4.99. The summed E-state index contributed by atoms with van der Waals surface area (Å²) in [6.07, 6.45) is 1.59. The van der Waals surface area contributed by atoms with Crippen LogP contribution in [0.5, 0.6) is 11.5 Å². The number of nitrogens with one attached hydrogen (secondary N) is 2. The summed E-state index contributed by atoms with van der Waals surface area (Å²) in [6.45, 7) is 0.126. The zero-order valence-electron chi connectivity index (χ0n) is 18.5. The first kappa shape index (κ1) is 23.6. The van der Waals surface area contributed by atoms with Gasteiger partial charge in [0.05, 0.1) is 29.9 Å². The van der Waals surface area contributed by atoms with Crippen molar-refractivity contribution < 1.29 is 27.5 Å². The van der Waals surface area contributed by atoms with Crippen LogP contribution in [-0.4, -0.2) is 31.1 Å². The summed E-state index contributed by atoms with van der Waals surface area (Å²) in [4.78, 5) is 24.3. The molecule has 0 aliphatic carbocycles. The van der Waals surface area contributed by atoms with Crippen molar-refractivity contribution >= 4 is 27.3 Å². The molecule has 0 bridgehead atoms. The van der Waals surface area contributed by atoms with Crippen LogP contribution in [0.1, 0.15) is 16.3 Å². The van der Waals surface area contributed by atoms with E-state index in [1.165, 1.54) is 35.9 Å². The monoisotopic (exact) mass is 495 g/mol. The van der Waals surface area contributed by atoms with Gasteiger partial charge in [-0.1, -0.05) is 18.2 Å². The Labute approximate surface area is 200 Å². The zero-order chi connectivity index (χ0) is 25.0. The molecule has 35 heavy (non-hydrogen) atoms. The van der Waals surface area contributed by atoms with E-state index < -0.39 is 15.9 Å². The molecule has 0 atom stereocenters. The van der Waals surface area contributed by atoms with Crippen molar-refractivity contribution in [3.8, 4) is 11.5 Å². The van der Waals surface area contributed by atoms with Crippen molar-refractivity contribution in [2.24, 2.45) is 0 Å². The van der Waals surface area contributed by atoms with Crippen LogP contribution >= 0.6 is 0 Å². The Morgan fingerprint density at radius 1 is 1.03 bits per heavy atom. The van der Waals surface area contributed by atoms with Crippen LogP contribution in [0.2, 0.25) is 0 Å². The number of carbonyl (C=O) groups excluding carboxylic acids is 1. The Hall–Kier alpha value is -4.51. The Morgan fingerprint density at radius 2 is 1.80 bits per heavy atom. The molecule has 11 heteroatoms. The Morgan fingerprint density at radius 3 is 2.57 bits per heavy atom. The molecule has 2 aromatic heterocycles. The molecule has 10 nitrogen and oxygen atoms in total. The molecule has 3 N–H and O–H groups in total. The largest absolute Gasteiger partial charge is 0.506 e. The maximum Gasteiger partial charge on any atom is 0.291 e. The maximum absolute atomic E-state index is 12.9. The van der Waals surface area contributed by atoms with Gasteiger partial charge in [-0.25, -0.2) is 8.42 Å². The fourth-order valence-corrected chi connectivity index (χ4v) is 4.34. The molecule has 0 radical (unpaired) electrons. The lowest BCUT2D eigenvalue weighted by Crippen LogP contribution is -2.18. The molecular formula is C24H21N3O7S. The van der Waals surface area contributed by atoms with Crippen molar-refractivity contribution in [3.05, 3.63) is 101 Å². The first-order valence-corrected chi connectivity index (χ1v) is 11.8. The molecule has 4 aromatic rings. The van der Waals surface area contributed by atoms with E-state index in [2.05, 4.69) is 10.0 Å². The van der Waals surface area contributed by atoms with Crippen molar-refractivity contribution in [2.45, 2.75) is 11.4 Å². The minimum absolute atomic E-state index is 0.0798. The minimum atomic E-state index is -4.07. The van der Waals surface area contributed by atoms with Gasteiger partial charge >= 0.3 is 0 Å². The van der Waals surface area contributed by atoms with E-state index in [1.807, 2.05) is 0 Å². The van der Waals surface area contributed by atoms with Gasteiger partial charge in [0.1, 0.15) is 17.3 Å². The number of sulfonamides is 1. The number of para-hydroxylation sites is 2. The Kier molecular flexibility index (Phi) is 6.60. The molecule has 0 unspecified atom stereocenters. The normalized spacial score (nSPS) is 11.1. The third-order valence-corrected chi connectivity index (χ3v) is 6.35. The smallest absolute Gasteiger partial charge is 0.291 e. The standard InChI is InChI=1S/C24H21N3O7S/c1-33-21-7-3-2-6-18(21)26-35(31,32)17-10-11-20(28)19(14-17)25-24(30)22-12-9-16(34-22)15-27-13-5-4-8-23(27)29/h2-14,26,28H,15H2,1H3,(H,25,30). The van der Waals surface area contributed by atoms with Crippen LogP contribution in [0.4, 0.5) is 11.4 Å². The number of carbonyl (C=O) groups is 1. The average molecular weight is 496 g/mol. The van der Waals surface area contributed by atoms with E-state index in [0.717, 1.165) is 12.1 Å². The van der Waals surface area contributed by atoms with Crippen molar-refractivity contribution in [1.82, 2.24) is 4.57 Å². The quantitative estimate of drug-likeness (QED) is 0.319. The summed E-state index contributed by atoms with van der Waals surface area (Å²) in [7, 11) is -2.65. The lowest BCUT2D eigenvalue weighted by Gasteiger charge is -2.13. The molecule has 2 aromatic carbocycles. The van der Waals surface area contributed by atoms with Gasteiger partial charge in [0.25, 0.3) is 21.5 Å². The van der Waals surface area contributed by atoms with Crippen molar-refractivity contribution in [3.63, 3.8) is 0 Å². The number of benzene rings is 2. The van der Waals surface area contributed by atoms with Gasteiger partial charge in [-0.3, -0.25) is 14.3 Å². The number of amides is 1. The second-order valence-corrected chi connectivity index (χ2v) is 9.05. The fraction of sp³-hybridized carbons (Fsp3) is 0.0833. The van der Waals surface area contributed by atoms with E-state index in [4.69, 9.17) is 9.15 Å². The second kappa shape index (κ2) is 9.77. The van der Waals surface area contributed by atoms with Gasteiger partial charge in [-0.15, -0.1) is 0 Å². The van der Waals surface area contributed by atoms with Crippen LogP contribution in [0.25, 0.3) is 0 Å². The van der Waals surface area contributed by atoms with Crippen molar-refractivity contribution in [2.75, 3.05) is 17.1 Å². The van der Waals surface area contributed by atoms with Gasteiger partial charge < -0.3 is 24.1 Å². The molecular weight excluding hydrogens is 474 g/mol. The molecule has 1 amide bonds. The second-order valence-electron chi connectivity index (χ2n) is 7.37. The number of phenolic OH excluding ortho intramolecular Hbond substituents is 1. The minimum Gasteiger partial charge on any atom is -0.506 e. The Balaban J connectivity index is 1.52. The van der Waals surface area contributed by atoms with Gasteiger partial charge in [-0.05, 0) is 48.5 Å². The maximum atomic E-state index is 12.9. The number of ether oxygens (including phenoxy) is 1. The van der Waals surface area contributed by atoms with Crippen LogP contribution in [0, 0.1) is 0 Å². The van der Waals surface area contributed by atoms with Gasteiger partial charge in [0.2, 0.25) is 0 Å². The Bertz CT molecular complexity index is 1540. The zero-order valence-corrected chi connectivity index (χ0v) is 19.3. The van der Waals surface area contributed by atoms with E-state index in [9.17, 15) is 23.1 Å². The molecule has 2 heterocycles. The molecule has 0 saturated heterocycles. The molecule has 0 spiro atoms. The highest BCUT2D eigenvalue weighted by Crippen LogP contribution is 2.30. The van der Waals surface area contributed by atoms with Gasteiger partial charge in [-0.2, -0.15) is 0 Å². The number of furan rings is 1. The van der Waals surface area contributed by atoms with Crippen LogP contribution in [-0.2, 0) is 16.6 Å². The highest BCUT2D eigenvalue weighted by molar-refractivity contribution is 7.92. The van der Waals surface area contributed by atoms with Crippen LogP contribution in [0.3, 0.4) is 0 Å². The summed E-state index contributed by atoms with van der Waals surface area (Å²) in [5.74, 6) is -0.431. The third kappa shape index (κ3) is 5.36. The van der Waals surface area contributed by atoms with Crippen LogP contribution in [0.15, 0.2) is 93.1 Å². The number of nitrogens with zero attached hydrogens (tertiary/aromatic N) is 1. The average Bonchev–Trinajstić information content (AvgIpc) is 3.31. The van der Waals surface area contributed by atoms with Gasteiger partial charge in [0.15, 0.2) is 5.76 Å². The van der Waals surface area contributed by atoms with Gasteiger partial charge in [0, 0.05) is 12.3 Å². The number of aromatic hydroxyl groups is 1. The highest BCUT2D eigenvalue weighted by atomic mass is 32.2. The number of phenols is 1. The van der Waals surface area contributed by atoms with E-state index in [0.29, 0.717) is 11.5 Å². The first-order valence-electron chi connectivity index (χ1n) is 10.3. The lowest BCUT2D eigenvalue weighted by molar-refractivity contribution is 0.0994. The summed E-state index contributed by atoms with van der Waals surface area (Å²) < 4.78 is 40.3. The van der Waals surface area contributed by atoms with Crippen molar-refractivity contribution in [1.29, 1.82) is 0 Å². The number of rotatable bonds is 8. The predicted octanol–water partition coefficient (Wildman–Crippen LogP) is 3.26. The number of pyridine rings is 1. The number of anilines is 2. The topological polar surface area (TPSA) is 140 Å². The molecule has 0 fully saturated rings. The molecule has 0 aliphatic heterocycles. The first-order chi connectivity index (χ1) is 16.8. The van der Waals surface area contributed by atoms with E-state index >= 15 is 0 Å². The van der Waals surface area contributed by atoms with Crippen LogP contribution < -0.4 is 20.3 Å². The fourth-order valence-electron chi connectivity index (χ4n) is 3.24. The SMILES string of the molecule is COc1ccccc1NS(=O)(=O)c1ccc(O)c(NC(=O)c2ccc(Cn3ccccc3=O)o2)c1.